The first-order valence-corrected chi connectivity index (χ1v) is 4.73. The highest BCUT2D eigenvalue weighted by molar-refractivity contribution is 4.88. The van der Waals surface area contributed by atoms with Crippen LogP contribution in [0.3, 0.4) is 0 Å². The summed E-state index contributed by atoms with van der Waals surface area (Å²) in [7, 11) is 0. The molecule has 0 radical (unpaired) electrons. The van der Waals surface area contributed by atoms with E-state index < -0.39 is 0 Å². The van der Waals surface area contributed by atoms with Gasteiger partial charge < -0.3 is 11.5 Å². The summed E-state index contributed by atoms with van der Waals surface area (Å²) in [4.78, 5) is 0. The molecule has 0 unspecified atom stereocenters. The zero-order chi connectivity index (χ0) is 10.4. The molecule has 76 valence electrons. The molecule has 0 aliphatic rings. The smallest absolute Gasteiger partial charge is 0.0131 e. The van der Waals surface area contributed by atoms with Crippen molar-refractivity contribution in [1.29, 1.82) is 0 Å². The summed E-state index contributed by atoms with van der Waals surface area (Å²) in [6.07, 6.45) is 2.39. The fourth-order valence-electron chi connectivity index (χ4n) is 0.204. The zero-order valence-electron chi connectivity index (χ0n) is 9.19. The Morgan fingerprint density at radius 3 is 1.58 bits per heavy atom. The van der Waals surface area contributed by atoms with Crippen LogP contribution in [-0.4, -0.2) is 13.1 Å². The van der Waals surface area contributed by atoms with Gasteiger partial charge in [0.1, 0.15) is 0 Å². The SMILES string of the molecule is C=C(C)CN.CC.CCCCN. The van der Waals surface area contributed by atoms with Gasteiger partial charge in [-0.15, -0.1) is 0 Å². The minimum Gasteiger partial charge on any atom is -0.330 e. The average molecular weight is 174 g/mol. The van der Waals surface area contributed by atoms with E-state index in [4.69, 9.17) is 11.5 Å². The molecule has 0 heterocycles. The van der Waals surface area contributed by atoms with E-state index in [2.05, 4.69) is 13.5 Å². The molecule has 0 aliphatic carbocycles. The lowest BCUT2D eigenvalue weighted by Crippen LogP contribution is -1.97. The first kappa shape index (κ1) is 17.7. The molecule has 0 spiro atoms. The molecule has 0 aromatic carbocycles. The number of unbranched alkanes of at least 4 members (excludes halogenated alkanes) is 1. The Kier molecular flexibility index (Phi) is 33.0. The van der Waals surface area contributed by atoms with Crippen molar-refractivity contribution in [2.45, 2.75) is 40.5 Å². The Morgan fingerprint density at radius 2 is 1.58 bits per heavy atom. The van der Waals surface area contributed by atoms with E-state index in [-0.39, 0.29) is 0 Å². The molecule has 0 amide bonds. The second-order valence-corrected chi connectivity index (χ2v) is 2.30. The van der Waals surface area contributed by atoms with Gasteiger partial charge in [-0.1, -0.05) is 39.3 Å². The third-order valence-corrected chi connectivity index (χ3v) is 0.906. The molecule has 0 aromatic heterocycles. The van der Waals surface area contributed by atoms with Crippen LogP contribution in [0.5, 0.6) is 0 Å². The van der Waals surface area contributed by atoms with Crippen LogP contribution < -0.4 is 11.5 Å². The summed E-state index contributed by atoms with van der Waals surface area (Å²) in [5.41, 5.74) is 11.2. The van der Waals surface area contributed by atoms with Crippen molar-refractivity contribution >= 4 is 0 Å². The lowest BCUT2D eigenvalue weighted by molar-refractivity contribution is 0.807. The summed E-state index contributed by atoms with van der Waals surface area (Å²) in [5.74, 6) is 0. The number of nitrogens with two attached hydrogens (primary N) is 2. The van der Waals surface area contributed by atoms with Crippen LogP contribution in [0, 0.1) is 0 Å². The van der Waals surface area contributed by atoms with Crippen LogP contribution in [0.25, 0.3) is 0 Å². The molecule has 0 fully saturated rings. The second-order valence-electron chi connectivity index (χ2n) is 2.30. The maximum absolute atomic E-state index is 5.14. The summed E-state index contributed by atoms with van der Waals surface area (Å²) in [5, 5.41) is 0. The Morgan fingerprint density at radius 1 is 1.25 bits per heavy atom. The predicted molar refractivity (Wildman–Crippen MR) is 59.2 cm³/mol. The van der Waals surface area contributed by atoms with Crippen LogP contribution in [-0.2, 0) is 0 Å². The van der Waals surface area contributed by atoms with Crippen LogP contribution in [0.1, 0.15) is 40.5 Å². The van der Waals surface area contributed by atoms with Gasteiger partial charge in [0.25, 0.3) is 0 Å². The van der Waals surface area contributed by atoms with Crippen LogP contribution >= 0.6 is 0 Å². The van der Waals surface area contributed by atoms with E-state index in [1.807, 2.05) is 20.8 Å². The van der Waals surface area contributed by atoms with Crippen LogP contribution in [0.15, 0.2) is 12.2 Å². The standard InChI is InChI=1S/C4H9N.C4H11N.C2H6/c1-4(2)3-5;1-2-3-4-5;1-2/h1,3,5H2,2H3;2-5H2,1H3;1-2H3. The summed E-state index contributed by atoms with van der Waals surface area (Å²) < 4.78 is 0. The molecule has 0 aromatic rings. The van der Waals surface area contributed by atoms with Gasteiger partial charge >= 0.3 is 0 Å². The monoisotopic (exact) mass is 174 g/mol. The minimum atomic E-state index is 0.611. The van der Waals surface area contributed by atoms with Crippen LogP contribution in [0.4, 0.5) is 0 Å². The van der Waals surface area contributed by atoms with Crippen molar-refractivity contribution < 1.29 is 0 Å². The van der Waals surface area contributed by atoms with Crippen molar-refractivity contribution in [1.82, 2.24) is 0 Å². The fourth-order valence-corrected chi connectivity index (χ4v) is 0.204. The highest BCUT2D eigenvalue weighted by Crippen LogP contribution is 1.77. The molecule has 4 N–H and O–H groups in total. The Bertz CT molecular complexity index is 68.2. The number of rotatable bonds is 3. The van der Waals surface area contributed by atoms with Gasteiger partial charge in [-0.25, -0.2) is 0 Å². The van der Waals surface area contributed by atoms with Crippen molar-refractivity contribution in [2.24, 2.45) is 11.5 Å². The second kappa shape index (κ2) is 22.4. The number of hydrogen-bond donors (Lipinski definition) is 2. The van der Waals surface area contributed by atoms with Gasteiger partial charge in [0.05, 0.1) is 0 Å². The predicted octanol–water partition coefficient (Wildman–Crippen LogP) is 2.29. The molecule has 0 saturated heterocycles. The lowest BCUT2D eigenvalue weighted by Gasteiger charge is -1.80. The quantitative estimate of drug-likeness (QED) is 0.645. The summed E-state index contributed by atoms with van der Waals surface area (Å²) >= 11 is 0. The first-order chi connectivity index (χ1) is 5.68. The summed E-state index contributed by atoms with van der Waals surface area (Å²) in [6, 6.07) is 0. The van der Waals surface area contributed by atoms with Crippen LogP contribution in [0.2, 0.25) is 0 Å². The first-order valence-electron chi connectivity index (χ1n) is 4.73. The molecule has 0 aliphatic heterocycles. The molecule has 2 nitrogen and oxygen atoms in total. The number of hydrogen-bond acceptors (Lipinski definition) is 2. The van der Waals surface area contributed by atoms with E-state index in [1.165, 1.54) is 12.8 Å². The normalized spacial score (nSPS) is 7.17. The molecule has 0 atom stereocenters. The molecule has 0 rings (SSSR count). The lowest BCUT2D eigenvalue weighted by atomic mass is 10.3. The van der Waals surface area contributed by atoms with E-state index >= 15 is 0 Å². The van der Waals surface area contributed by atoms with Crippen molar-refractivity contribution in [2.75, 3.05) is 13.1 Å². The highest BCUT2D eigenvalue weighted by Gasteiger charge is 1.68. The van der Waals surface area contributed by atoms with Gasteiger partial charge in [0.15, 0.2) is 0 Å². The van der Waals surface area contributed by atoms with Gasteiger partial charge in [-0.2, -0.15) is 0 Å². The van der Waals surface area contributed by atoms with Crippen molar-refractivity contribution in [3.8, 4) is 0 Å². The van der Waals surface area contributed by atoms with Gasteiger partial charge in [-0.05, 0) is 19.9 Å². The van der Waals surface area contributed by atoms with E-state index in [0.29, 0.717) is 6.54 Å². The zero-order valence-corrected chi connectivity index (χ0v) is 9.19. The van der Waals surface area contributed by atoms with E-state index in [1.54, 1.807) is 0 Å². The Hall–Kier alpha value is -0.340. The van der Waals surface area contributed by atoms with Crippen molar-refractivity contribution in [3.63, 3.8) is 0 Å². The maximum Gasteiger partial charge on any atom is 0.0131 e. The molecule has 0 saturated carbocycles. The maximum atomic E-state index is 5.14. The largest absolute Gasteiger partial charge is 0.330 e. The third-order valence-electron chi connectivity index (χ3n) is 0.906. The molecular formula is C10H26N2. The molecule has 2 heteroatoms. The minimum absolute atomic E-state index is 0.611. The molecular weight excluding hydrogens is 148 g/mol. The van der Waals surface area contributed by atoms with E-state index in [0.717, 1.165) is 12.1 Å². The van der Waals surface area contributed by atoms with Gasteiger partial charge in [0.2, 0.25) is 0 Å². The van der Waals surface area contributed by atoms with Crippen molar-refractivity contribution in [3.05, 3.63) is 12.2 Å². The topological polar surface area (TPSA) is 52.0 Å². The van der Waals surface area contributed by atoms with E-state index in [9.17, 15) is 0 Å². The highest BCUT2D eigenvalue weighted by atomic mass is 14.5. The average Bonchev–Trinajstić information content (AvgIpc) is 2.10. The molecule has 12 heavy (non-hydrogen) atoms. The van der Waals surface area contributed by atoms with Gasteiger partial charge in [0, 0.05) is 6.54 Å². The Balaban J connectivity index is -0.000000112. The summed E-state index contributed by atoms with van der Waals surface area (Å²) in [6.45, 7) is 13.0. The Labute approximate surface area is 78.0 Å². The third kappa shape index (κ3) is 54.1. The van der Waals surface area contributed by atoms with Gasteiger partial charge in [-0.3, -0.25) is 0 Å². The fraction of sp³-hybridized carbons (Fsp3) is 0.800. The molecule has 0 bridgehead atoms.